The zero-order chi connectivity index (χ0) is 21.3. The highest BCUT2D eigenvalue weighted by atomic mass is 16.5. The number of fused-ring (bicyclic) bond motifs is 1. The third-order valence-corrected chi connectivity index (χ3v) is 5.30. The fraction of sp³-hybridized carbons (Fsp3) is 0.348. The van der Waals surface area contributed by atoms with Crippen LogP contribution in [0.4, 0.5) is 11.4 Å². The second-order valence-corrected chi connectivity index (χ2v) is 7.93. The lowest BCUT2D eigenvalue weighted by molar-refractivity contribution is -0.153. The van der Waals surface area contributed by atoms with Gasteiger partial charge in [0.2, 0.25) is 5.91 Å². The van der Waals surface area contributed by atoms with Crippen LogP contribution in [0.15, 0.2) is 42.5 Å². The molecular weight excluding hydrogens is 368 g/mol. The maximum absolute atomic E-state index is 13.2. The van der Waals surface area contributed by atoms with E-state index in [0.717, 1.165) is 16.7 Å². The van der Waals surface area contributed by atoms with E-state index in [1.54, 1.807) is 38.1 Å². The monoisotopic (exact) mass is 394 g/mol. The van der Waals surface area contributed by atoms with Crippen LogP contribution in [0, 0.1) is 13.8 Å². The van der Waals surface area contributed by atoms with Crippen molar-refractivity contribution in [3.05, 3.63) is 59.2 Å². The summed E-state index contributed by atoms with van der Waals surface area (Å²) >= 11 is 0. The van der Waals surface area contributed by atoms with Crippen molar-refractivity contribution in [2.75, 3.05) is 10.2 Å². The minimum Gasteiger partial charge on any atom is -0.452 e. The molecule has 2 aromatic carbocycles. The van der Waals surface area contributed by atoms with Gasteiger partial charge in [0, 0.05) is 0 Å². The smallest absolute Gasteiger partial charge is 0.311 e. The van der Waals surface area contributed by atoms with E-state index in [0.29, 0.717) is 11.4 Å². The van der Waals surface area contributed by atoms with E-state index in [1.165, 1.54) is 11.8 Å². The fourth-order valence-electron chi connectivity index (χ4n) is 3.40. The average molecular weight is 394 g/mol. The molecule has 29 heavy (non-hydrogen) atoms. The number of carbonyl (C=O) groups excluding carboxylic acids is 3. The van der Waals surface area contributed by atoms with Gasteiger partial charge in [-0.15, -0.1) is 0 Å². The molecular formula is C23H26N2O4. The number of hydrogen-bond acceptors (Lipinski definition) is 4. The molecule has 0 bridgehead atoms. The van der Waals surface area contributed by atoms with Gasteiger partial charge in [-0.25, -0.2) is 0 Å². The number of nitrogens with one attached hydrogen (secondary N) is 1. The molecule has 0 saturated carbocycles. The number of para-hydroxylation sites is 2. The van der Waals surface area contributed by atoms with E-state index in [1.807, 2.05) is 32.0 Å². The highest BCUT2D eigenvalue weighted by Crippen LogP contribution is 2.37. The molecule has 3 rings (SSSR count). The van der Waals surface area contributed by atoms with Gasteiger partial charge in [-0.1, -0.05) is 30.3 Å². The van der Waals surface area contributed by atoms with Crippen molar-refractivity contribution in [3.63, 3.8) is 0 Å². The van der Waals surface area contributed by atoms with Gasteiger partial charge in [-0.05, 0) is 63.4 Å². The number of nitrogens with zero attached hydrogens (tertiary/aromatic N) is 1. The van der Waals surface area contributed by atoms with Crippen LogP contribution in [0.2, 0.25) is 0 Å². The molecule has 1 atom stereocenters. The number of amides is 2. The standard InChI is InChI=1S/C23H26N2O4/c1-14-10-11-17(12-15(14)2)13-20(26)29-16(3)21(27)25-19-9-7-6-8-18(19)24-22(28)23(25,4)5/h6-12,16H,13H2,1-5H3,(H,24,28)/t16-/m1/s1. The SMILES string of the molecule is Cc1ccc(CC(=O)O[C@H](C)C(=O)N2c3ccccc3NC(=O)C2(C)C)cc1C. The van der Waals surface area contributed by atoms with Crippen molar-refractivity contribution < 1.29 is 19.1 Å². The van der Waals surface area contributed by atoms with Gasteiger partial charge in [0.05, 0.1) is 17.8 Å². The first kappa shape index (κ1) is 20.6. The number of hydrogen-bond donors (Lipinski definition) is 1. The van der Waals surface area contributed by atoms with Crippen LogP contribution in [-0.2, 0) is 25.5 Å². The van der Waals surface area contributed by atoms with Crippen molar-refractivity contribution in [2.24, 2.45) is 0 Å². The first-order valence-corrected chi connectivity index (χ1v) is 9.61. The second-order valence-electron chi connectivity index (χ2n) is 7.93. The third kappa shape index (κ3) is 4.01. The Hall–Kier alpha value is -3.15. The van der Waals surface area contributed by atoms with E-state index >= 15 is 0 Å². The molecule has 0 saturated heterocycles. The summed E-state index contributed by atoms with van der Waals surface area (Å²) < 4.78 is 5.42. The van der Waals surface area contributed by atoms with Gasteiger partial charge in [0.25, 0.3) is 5.91 Å². The molecule has 6 nitrogen and oxygen atoms in total. The summed E-state index contributed by atoms with van der Waals surface area (Å²) in [6.45, 7) is 8.86. The van der Waals surface area contributed by atoms with Gasteiger partial charge >= 0.3 is 5.97 Å². The Kier molecular flexibility index (Phi) is 5.46. The Labute approximate surface area is 170 Å². The summed E-state index contributed by atoms with van der Waals surface area (Å²) in [5.74, 6) is -1.22. The van der Waals surface area contributed by atoms with Crippen LogP contribution in [0.1, 0.15) is 37.5 Å². The topological polar surface area (TPSA) is 75.7 Å². The van der Waals surface area contributed by atoms with E-state index in [2.05, 4.69) is 5.32 Å². The number of anilines is 2. The molecule has 0 spiro atoms. The molecule has 1 aliphatic heterocycles. The maximum atomic E-state index is 13.2. The van der Waals surface area contributed by atoms with Crippen molar-refractivity contribution in [3.8, 4) is 0 Å². The largest absolute Gasteiger partial charge is 0.452 e. The summed E-state index contributed by atoms with van der Waals surface area (Å²) in [6.07, 6.45) is -0.938. The molecule has 0 aromatic heterocycles. The third-order valence-electron chi connectivity index (χ3n) is 5.30. The van der Waals surface area contributed by atoms with Crippen molar-refractivity contribution in [1.82, 2.24) is 0 Å². The first-order valence-electron chi connectivity index (χ1n) is 9.61. The second kappa shape index (κ2) is 7.70. The van der Waals surface area contributed by atoms with Gasteiger partial charge < -0.3 is 10.1 Å². The molecule has 0 radical (unpaired) electrons. The summed E-state index contributed by atoms with van der Waals surface area (Å²) in [5.41, 5.74) is 3.10. The van der Waals surface area contributed by atoms with Crippen molar-refractivity contribution in [2.45, 2.75) is 52.7 Å². The predicted octanol–water partition coefficient (Wildman–Crippen LogP) is 3.54. The van der Waals surface area contributed by atoms with Crippen molar-refractivity contribution in [1.29, 1.82) is 0 Å². The summed E-state index contributed by atoms with van der Waals surface area (Å²) in [5, 5.41) is 2.82. The zero-order valence-corrected chi connectivity index (χ0v) is 17.4. The predicted molar refractivity (Wildman–Crippen MR) is 112 cm³/mol. The molecule has 152 valence electrons. The lowest BCUT2D eigenvalue weighted by atomic mass is 9.95. The Bertz CT molecular complexity index is 981. The molecule has 1 aliphatic rings. The van der Waals surface area contributed by atoms with E-state index in [-0.39, 0.29) is 12.3 Å². The number of ether oxygens (including phenoxy) is 1. The quantitative estimate of drug-likeness (QED) is 0.805. The van der Waals surface area contributed by atoms with Crippen LogP contribution in [-0.4, -0.2) is 29.4 Å². The molecule has 6 heteroatoms. The normalized spacial score (nSPS) is 15.9. The molecule has 2 aromatic rings. The molecule has 0 fully saturated rings. The Morgan fingerprint density at radius 3 is 2.48 bits per heavy atom. The van der Waals surface area contributed by atoms with Crippen molar-refractivity contribution >= 4 is 29.2 Å². The number of esters is 1. The maximum Gasteiger partial charge on any atom is 0.311 e. The van der Waals surface area contributed by atoms with Crippen LogP contribution in [0.25, 0.3) is 0 Å². The highest BCUT2D eigenvalue weighted by Gasteiger charge is 2.45. The number of carbonyl (C=O) groups is 3. The Morgan fingerprint density at radius 1 is 1.10 bits per heavy atom. The van der Waals surface area contributed by atoms with Crippen LogP contribution >= 0.6 is 0 Å². The summed E-state index contributed by atoms with van der Waals surface area (Å²) in [4.78, 5) is 39.5. The molecule has 0 aliphatic carbocycles. The van der Waals surface area contributed by atoms with Crippen LogP contribution in [0.5, 0.6) is 0 Å². The molecule has 0 unspecified atom stereocenters. The summed E-state index contributed by atoms with van der Waals surface area (Å²) in [7, 11) is 0. The lowest BCUT2D eigenvalue weighted by Crippen LogP contribution is -2.60. The molecule has 1 heterocycles. The Morgan fingerprint density at radius 2 is 1.79 bits per heavy atom. The number of rotatable bonds is 4. The van der Waals surface area contributed by atoms with Crippen LogP contribution < -0.4 is 10.2 Å². The van der Waals surface area contributed by atoms with E-state index in [9.17, 15) is 14.4 Å². The number of benzene rings is 2. The number of aryl methyl sites for hydroxylation is 2. The Balaban J connectivity index is 1.77. The first-order chi connectivity index (χ1) is 13.6. The van der Waals surface area contributed by atoms with Gasteiger partial charge in [-0.3, -0.25) is 19.3 Å². The minimum atomic E-state index is -1.11. The summed E-state index contributed by atoms with van der Waals surface area (Å²) in [6, 6.07) is 12.9. The van der Waals surface area contributed by atoms with E-state index < -0.39 is 23.5 Å². The van der Waals surface area contributed by atoms with Crippen LogP contribution in [0.3, 0.4) is 0 Å². The van der Waals surface area contributed by atoms with Gasteiger partial charge in [0.1, 0.15) is 5.54 Å². The average Bonchev–Trinajstić information content (AvgIpc) is 2.65. The van der Waals surface area contributed by atoms with Gasteiger partial charge in [-0.2, -0.15) is 0 Å². The van der Waals surface area contributed by atoms with Gasteiger partial charge in [0.15, 0.2) is 6.10 Å². The fourth-order valence-corrected chi connectivity index (χ4v) is 3.40. The van der Waals surface area contributed by atoms with E-state index in [4.69, 9.17) is 4.74 Å². The minimum absolute atomic E-state index is 0.0825. The lowest BCUT2D eigenvalue weighted by Gasteiger charge is -2.42. The molecule has 1 N–H and O–H groups in total. The molecule has 2 amide bonds. The zero-order valence-electron chi connectivity index (χ0n) is 17.4. The highest BCUT2D eigenvalue weighted by molar-refractivity contribution is 6.15.